The van der Waals surface area contributed by atoms with Crippen LogP contribution in [0, 0.1) is 0 Å². The minimum Gasteiger partial charge on any atom is -0.497 e. The molecule has 2 aromatic heterocycles. The highest BCUT2D eigenvalue weighted by Crippen LogP contribution is 2.29. The van der Waals surface area contributed by atoms with E-state index in [0.29, 0.717) is 0 Å². The van der Waals surface area contributed by atoms with E-state index in [1.54, 1.807) is 18.4 Å². The zero-order valence-corrected chi connectivity index (χ0v) is 12.7. The van der Waals surface area contributed by atoms with Crippen LogP contribution in [0.2, 0.25) is 0 Å². The topological polar surface area (TPSA) is 39.4 Å². The van der Waals surface area contributed by atoms with E-state index in [9.17, 15) is 0 Å². The summed E-state index contributed by atoms with van der Waals surface area (Å²) in [5, 5.41) is 5.55. The highest BCUT2D eigenvalue weighted by atomic mass is 32.1. The molecule has 5 heteroatoms. The average Bonchev–Trinajstić information content (AvgIpc) is 3.14. The second-order valence-electron chi connectivity index (χ2n) is 4.86. The Morgan fingerprint density at radius 3 is 2.59 bits per heavy atom. The Hall–Kier alpha value is -2.66. The van der Waals surface area contributed by atoms with E-state index >= 15 is 0 Å². The summed E-state index contributed by atoms with van der Waals surface area (Å²) in [6.45, 7) is 0. The lowest BCUT2D eigenvalue weighted by atomic mass is 10.2. The number of rotatable bonds is 3. The van der Waals surface area contributed by atoms with Gasteiger partial charge in [-0.05, 0) is 12.1 Å². The van der Waals surface area contributed by atoms with Crippen LogP contribution in [0.3, 0.4) is 0 Å². The van der Waals surface area contributed by atoms with Crippen molar-refractivity contribution in [3.05, 3.63) is 60.8 Å². The van der Waals surface area contributed by atoms with Crippen LogP contribution < -0.4 is 4.74 Å². The number of methoxy groups -OCH3 is 1. The van der Waals surface area contributed by atoms with E-state index in [1.807, 2.05) is 53.2 Å². The van der Waals surface area contributed by atoms with Crippen molar-refractivity contribution in [1.82, 2.24) is 14.6 Å². The summed E-state index contributed by atoms with van der Waals surface area (Å²) in [5.41, 5.74) is 3.08. The Kier molecular flexibility index (Phi) is 3.12. The Labute approximate surface area is 131 Å². The fourth-order valence-corrected chi connectivity index (χ4v) is 3.20. The molecule has 0 saturated heterocycles. The van der Waals surface area contributed by atoms with Gasteiger partial charge >= 0.3 is 0 Å². The van der Waals surface area contributed by atoms with Crippen LogP contribution in [0.1, 0.15) is 0 Å². The maximum absolute atomic E-state index is 5.26. The summed E-state index contributed by atoms with van der Waals surface area (Å²) in [4.78, 5) is 5.55. The summed E-state index contributed by atoms with van der Waals surface area (Å²) in [5.74, 6) is 0.829. The number of imidazole rings is 1. The minimum atomic E-state index is 0.829. The second-order valence-corrected chi connectivity index (χ2v) is 5.81. The standard InChI is InChI=1S/C17H13N3OS/c1-21-14-9-5-8-13(10-14)16-19-20-11-15(18-17(20)22-16)12-6-3-2-4-7-12/h2-11H,1H3. The third-order valence-corrected chi connectivity index (χ3v) is 4.40. The van der Waals surface area contributed by atoms with Crippen molar-refractivity contribution in [2.45, 2.75) is 0 Å². The van der Waals surface area contributed by atoms with Gasteiger partial charge in [-0.25, -0.2) is 9.50 Å². The van der Waals surface area contributed by atoms with E-state index in [0.717, 1.165) is 32.5 Å². The Balaban J connectivity index is 1.75. The number of hydrogen-bond acceptors (Lipinski definition) is 4. The molecule has 22 heavy (non-hydrogen) atoms. The molecule has 0 atom stereocenters. The molecule has 4 aromatic rings. The smallest absolute Gasteiger partial charge is 0.213 e. The number of hydrogen-bond donors (Lipinski definition) is 0. The van der Waals surface area contributed by atoms with Crippen LogP contribution in [-0.2, 0) is 0 Å². The van der Waals surface area contributed by atoms with Gasteiger partial charge in [-0.3, -0.25) is 0 Å². The van der Waals surface area contributed by atoms with Gasteiger partial charge < -0.3 is 4.74 Å². The number of fused-ring (bicyclic) bond motifs is 1. The Morgan fingerprint density at radius 2 is 1.82 bits per heavy atom. The van der Waals surface area contributed by atoms with E-state index in [2.05, 4.69) is 22.2 Å². The van der Waals surface area contributed by atoms with Crippen molar-refractivity contribution in [2.75, 3.05) is 7.11 Å². The van der Waals surface area contributed by atoms with E-state index in [1.165, 1.54) is 0 Å². The zero-order chi connectivity index (χ0) is 14.9. The lowest BCUT2D eigenvalue weighted by Gasteiger charge is -2.00. The first-order valence-electron chi connectivity index (χ1n) is 6.89. The predicted molar refractivity (Wildman–Crippen MR) is 88.3 cm³/mol. The number of nitrogens with zero attached hydrogens (tertiary/aromatic N) is 3. The fraction of sp³-hybridized carbons (Fsp3) is 0.0588. The molecule has 0 bridgehead atoms. The average molecular weight is 307 g/mol. The molecule has 0 amide bonds. The zero-order valence-electron chi connectivity index (χ0n) is 11.9. The van der Waals surface area contributed by atoms with E-state index in [-0.39, 0.29) is 0 Å². The number of aromatic nitrogens is 3. The van der Waals surface area contributed by atoms with Crippen molar-refractivity contribution in [1.29, 1.82) is 0 Å². The second kappa shape index (κ2) is 5.27. The summed E-state index contributed by atoms with van der Waals surface area (Å²) >= 11 is 1.57. The molecule has 108 valence electrons. The SMILES string of the molecule is COc1cccc(-c2nn3cc(-c4ccccc4)nc3s2)c1. The summed E-state index contributed by atoms with van der Waals surface area (Å²) < 4.78 is 7.10. The first kappa shape index (κ1) is 13.0. The molecule has 0 fully saturated rings. The van der Waals surface area contributed by atoms with Gasteiger partial charge in [0, 0.05) is 11.1 Å². The van der Waals surface area contributed by atoms with Gasteiger partial charge in [0.1, 0.15) is 10.8 Å². The maximum atomic E-state index is 5.26. The lowest BCUT2D eigenvalue weighted by molar-refractivity contribution is 0.415. The third kappa shape index (κ3) is 2.25. The monoisotopic (exact) mass is 307 g/mol. The van der Waals surface area contributed by atoms with Crippen LogP contribution in [0.25, 0.3) is 26.8 Å². The third-order valence-electron chi connectivity index (χ3n) is 3.43. The molecule has 0 unspecified atom stereocenters. The van der Waals surface area contributed by atoms with Gasteiger partial charge in [0.15, 0.2) is 0 Å². The fourth-order valence-electron chi connectivity index (χ4n) is 2.32. The number of benzene rings is 2. The van der Waals surface area contributed by atoms with Crippen molar-refractivity contribution >= 4 is 16.3 Å². The van der Waals surface area contributed by atoms with Crippen LogP contribution >= 0.6 is 11.3 Å². The molecule has 0 saturated carbocycles. The highest BCUT2D eigenvalue weighted by molar-refractivity contribution is 7.19. The minimum absolute atomic E-state index is 0.829. The van der Waals surface area contributed by atoms with Crippen LogP contribution in [0.5, 0.6) is 5.75 Å². The molecule has 2 aromatic carbocycles. The van der Waals surface area contributed by atoms with Gasteiger partial charge in [-0.15, -0.1) is 0 Å². The van der Waals surface area contributed by atoms with Crippen LogP contribution in [-0.4, -0.2) is 21.7 Å². The summed E-state index contributed by atoms with van der Waals surface area (Å²) in [6.07, 6.45) is 1.96. The van der Waals surface area contributed by atoms with E-state index < -0.39 is 0 Å². The molecule has 0 aliphatic rings. The van der Waals surface area contributed by atoms with Crippen molar-refractivity contribution < 1.29 is 4.74 Å². The highest BCUT2D eigenvalue weighted by Gasteiger charge is 2.11. The molecule has 0 N–H and O–H groups in total. The largest absolute Gasteiger partial charge is 0.497 e. The van der Waals surface area contributed by atoms with Gasteiger partial charge in [-0.2, -0.15) is 5.10 Å². The first-order chi connectivity index (χ1) is 10.8. The molecule has 4 rings (SSSR count). The molecule has 0 spiro atoms. The van der Waals surface area contributed by atoms with Gasteiger partial charge in [0.05, 0.1) is 19.0 Å². The van der Waals surface area contributed by atoms with E-state index in [4.69, 9.17) is 4.74 Å². The van der Waals surface area contributed by atoms with Gasteiger partial charge in [0.2, 0.25) is 4.96 Å². The van der Waals surface area contributed by atoms with Crippen molar-refractivity contribution in [3.63, 3.8) is 0 Å². The maximum Gasteiger partial charge on any atom is 0.213 e. The van der Waals surface area contributed by atoms with Gasteiger partial charge in [0.25, 0.3) is 0 Å². The molecule has 4 nitrogen and oxygen atoms in total. The van der Waals surface area contributed by atoms with Crippen LogP contribution in [0.15, 0.2) is 60.8 Å². The lowest BCUT2D eigenvalue weighted by Crippen LogP contribution is -1.85. The summed E-state index contributed by atoms with van der Waals surface area (Å²) in [6, 6.07) is 18.0. The molecule has 0 aliphatic carbocycles. The summed E-state index contributed by atoms with van der Waals surface area (Å²) in [7, 11) is 1.67. The molecular weight excluding hydrogens is 294 g/mol. The first-order valence-corrected chi connectivity index (χ1v) is 7.71. The molecular formula is C17H13N3OS. The molecule has 2 heterocycles. The Bertz CT molecular complexity index is 896. The molecule has 0 aliphatic heterocycles. The van der Waals surface area contributed by atoms with Crippen molar-refractivity contribution in [2.24, 2.45) is 0 Å². The normalized spacial score (nSPS) is 11.0. The van der Waals surface area contributed by atoms with Gasteiger partial charge in [-0.1, -0.05) is 53.8 Å². The quantitative estimate of drug-likeness (QED) is 0.571. The predicted octanol–water partition coefficient (Wildman–Crippen LogP) is 4.13. The van der Waals surface area contributed by atoms with Crippen LogP contribution in [0.4, 0.5) is 0 Å². The molecule has 0 radical (unpaired) electrons. The Morgan fingerprint density at radius 1 is 1.00 bits per heavy atom. The number of ether oxygens (including phenoxy) is 1. The van der Waals surface area contributed by atoms with Crippen molar-refractivity contribution in [3.8, 4) is 27.6 Å².